The van der Waals surface area contributed by atoms with Gasteiger partial charge in [0, 0.05) is 0 Å². The normalized spacial score (nSPS) is 11.4. The molecule has 1 heterocycles. The molecule has 0 amide bonds. The van der Waals surface area contributed by atoms with E-state index in [1.54, 1.807) is 0 Å². The highest BCUT2D eigenvalue weighted by Crippen LogP contribution is 2.21. The van der Waals surface area contributed by atoms with Gasteiger partial charge in [0.25, 0.3) is 10.0 Å². The van der Waals surface area contributed by atoms with Gasteiger partial charge in [0.1, 0.15) is 5.82 Å². The Bertz CT molecular complexity index is 628. The number of nitrogens with one attached hydrogen (secondary N) is 2. The molecule has 90 valence electrons. The summed E-state index contributed by atoms with van der Waals surface area (Å²) >= 11 is 2.98. The molecule has 0 saturated heterocycles. The van der Waals surface area contributed by atoms with Crippen LogP contribution in [0.15, 0.2) is 40.0 Å². The number of aromatic amines is 1. The first-order valence-electron chi connectivity index (χ1n) is 4.46. The molecule has 0 atom stereocenters. The fraction of sp³-hybridized carbons (Fsp3) is 0. The summed E-state index contributed by atoms with van der Waals surface area (Å²) in [6.45, 7) is 0. The van der Waals surface area contributed by atoms with E-state index in [0.29, 0.717) is 0 Å². The number of hydrogen-bond donors (Lipinski definition) is 2. The van der Waals surface area contributed by atoms with Crippen LogP contribution >= 0.6 is 15.9 Å². The number of halogens is 2. The number of sulfonamides is 1. The molecular weight excluding hydrogens is 313 g/mol. The monoisotopic (exact) mass is 319 g/mol. The van der Waals surface area contributed by atoms with Crippen molar-refractivity contribution in [1.29, 1.82) is 0 Å². The molecule has 8 heteroatoms. The number of H-pyrrole nitrogens is 1. The van der Waals surface area contributed by atoms with E-state index in [0.717, 1.165) is 6.07 Å². The summed E-state index contributed by atoms with van der Waals surface area (Å²) in [7, 11) is -3.75. The van der Waals surface area contributed by atoms with E-state index in [-0.39, 0.29) is 15.2 Å². The molecular formula is C9H7BrFN3O2S. The summed E-state index contributed by atoms with van der Waals surface area (Å²) in [4.78, 5) is 0. The van der Waals surface area contributed by atoms with E-state index in [1.165, 1.54) is 24.4 Å². The summed E-state index contributed by atoms with van der Waals surface area (Å²) in [5, 5.41) is 5.77. The quantitative estimate of drug-likeness (QED) is 0.909. The maximum Gasteiger partial charge on any atom is 0.278 e. The van der Waals surface area contributed by atoms with E-state index in [4.69, 9.17) is 0 Å². The van der Waals surface area contributed by atoms with E-state index in [2.05, 4.69) is 30.8 Å². The van der Waals surface area contributed by atoms with Crippen LogP contribution < -0.4 is 4.72 Å². The van der Waals surface area contributed by atoms with Crippen LogP contribution in [0.3, 0.4) is 0 Å². The molecule has 2 aromatic rings. The lowest BCUT2D eigenvalue weighted by atomic mass is 10.3. The second-order valence-electron chi connectivity index (χ2n) is 3.16. The molecule has 1 aromatic carbocycles. The van der Waals surface area contributed by atoms with Crippen molar-refractivity contribution in [2.45, 2.75) is 5.03 Å². The predicted octanol–water partition coefficient (Wildman–Crippen LogP) is 2.11. The zero-order chi connectivity index (χ0) is 12.5. The van der Waals surface area contributed by atoms with Crippen molar-refractivity contribution in [2.75, 3.05) is 4.72 Å². The maximum absolute atomic E-state index is 13.2. The van der Waals surface area contributed by atoms with E-state index in [9.17, 15) is 12.8 Å². The Labute approximate surface area is 105 Å². The Kier molecular flexibility index (Phi) is 3.16. The second-order valence-corrected chi connectivity index (χ2v) is 5.66. The van der Waals surface area contributed by atoms with Crippen molar-refractivity contribution in [3.8, 4) is 0 Å². The molecule has 0 radical (unpaired) electrons. The lowest BCUT2D eigenvalue weighted by Crippen LogP contribution is -2.13. The number of anilines is 1. The van der Waals surface area contributed by atoms with E-state index >= 15 is 0 Å². The Hall–Kier alpha value is -1.41. The highest BCUT2D eigenvalue weighted by Gasteiger charge is 2.15. The molecule has 0 bridgehead atoms. The van der Waals surface area contributed by atoms with Gasteiger partial charge in [0.15, 0.2) is 5.03 Å². The van der Waals surface area contributed by atoms with Gasteiger partial charge in [0.2, 0.25) is 0 Å². The van der Waals surface area contributed by atoms with Crippen LogP contribution in [0.2, 0.25) is 0 Å². The Morgan fingerprint density at radius 2 is 2.12 bits per heavy atom. The third-order valence-electron chi connectivity index (χ3n) is 1.94. The molecule has 0 spiro atoms. The van der Waals surface area contributed by atoms with Gasteiger partial charge in [-0.3, -0.25) is 9.82 Å². The van der Waals surface area contributed by atoms with Crippen molar-refractivity contribution < 1.29 is 12.8 Å². The van der Waals surface area contributed by atoms with Crippen LogP contribution in [-0.2, 0) is 10.0 Å². The first-order chi connectivity index (χ1) is 7.99. The van der Waals surface area contributed by atoms with Gasteiger partial charge in [-0.05, 0) is 40.2 Å². The summed E-state index contributed by atoms with van der Waals surface area (Å²) in [6.07, 6.45) is 1.32. The van der Waals surface area contributed by atoms with E-state index < -0.39 is 15.8 Å². The third-order valence-corrected chi connectivity index (χ3v) is 3.89. The van der Waals surface area contributed by atoms with Gasteiger partial charge in [-0.25, -0.2) is 4.39 Å². The molecule has 0 aliphatic heterocycles. The molecule has 2 rings (SSSR count). The van der Waals surface area contributed by atoms with Gasteiger partial charge < -0.3 is 0 Å². The van der Waals surface area contributed by atoms with Gasteiger partial charge in [-0.1, -0.05) is 0 Å². The van der Waals surface area contributed by atoms with Crippen LogP contribution in [-0.4, -0.2) is 18.6 Å². The minimum atomic E-state index is -3.75. The van der Waals surface area contributed by atoms with Crippen molar-refractivity contribution in [3.63, 3.8) is 0 Å². The van der Waals surface area contributed by atoms with Crippen molar-refractivity contribution >= 4 is 31.6 Å². The molecule has 0 aliphatic carbocycles. The Morgan fingerprint density at radius 1 is 1.35 bits per heavy atom. The van der Waals surface area contributed by atoms with Crippen molar-refractivity contribution in [2.24, 2.45) is 0 Å². The van der Waals surface area contributed by atoms with Crippen molar-refractivity contribution in [1.82, 2.24) is 10.2 Å². The highest BCUT2D eigenvalue weighted by atomic mass is 79.9. The maximum atomic E-state index is 13.2. The van der Waals surface area contributed by atoms with Crippen LogP contribution in [0.25, 0.3) is 0 Å². The molecule has 0 fully saturated rings. The number of rotatable bonds is 3. The molecule has 5 nitrogen and oxygen atoms in total. The largest absolute Gasteiger partial charge is 0.278 e. The minimum absolute atomic E-state index is 0.0826. The number of hydrogen-bond acceptors (Lipinski definition) is 3. The number of benzene rings is 1. The third kappa shape index (κ3) is 2.64. The van der Waals surface area contributed by atoms with Crippen LogP contribution in [0.1, 0.15) is 0 Å². The Balaban J connectivity index is 2.30. The highest BCUT2D eigenvalue weighted by molar-refractivity contribution is 9.10. The van der Waals surface area contributed by atoms with Gasteiger partial charge >= 0.3 is 0 Å². The minimum Gasteiger partial charge on any atom is -0.278 e. The Morgan fingerprint density at radius 3 is 2.71 bits per heavy atom. The van der Waals surface area contributed by atoms with Gasteiger partial charge in [-0.15, -0.1) is 0 Å². The number of aromatic nitrogens is 2. The summed E-state index contributed by atoms with van der Waals surface area (Å²) in [5.74, 6) is -0.546. The smallest absolute Gasteiger partial charge is 0.278 e. The fourth-order valence-corrected chi connectivity index (χ4v) is 2.37. The second kappa shape index (κ2) is 4.46. The van der Waals surface area contributed by atoms with Gasteiger partial charge in [-0.2, -0.15) is 13.5 Å². The summed E-state index contributed by atoms with van der Waals surface area (Å²) in [5.41, 5.74) is 0.139. The first kappa shape index (κ1) is 12.1. The molecule has 0 unspecified atom stereocenters. The lowest BCUT2D eigenvalue weighted by molar-refractivity contribution is 0.597. The first-order valence-corrected chi connectivity index (χ1v) is 6.74. The van der Waals surface area contributed by atoms with Crippen LogP contribution in [0, 0.1) is 5.82 Å². The summed E-state index contributed by atoms with van der Waals surface area (Å²) in [6, 6.07) is 5.25. The fourth-order valence-electron chi connectivity index (χ4n) is 1.16. The van der Waals surface area contributed by atoms with Crippen LogP contribution in [0.4, 0.5) is 10.1 Å². The molecule has 1 aromatic heterocycles. The lowest BCUT2D eigenvalue weighted by Gasteiger charge is -2.06. The molecule has 17 heavy (non-hydrogen) atoms. The average molecular weight is 320 g/mol. The van der Waals surface area contributed by atoms with Gasteiger partial charge in [0.05, 0.1) is 16.4 Å². The zero-order valence-electron chi connectivity index (χ0n) is 8.31. The molecule has 0 saturated carbocycles. The zero-order valence-corrected chi connectivity index (χ0v) is 10.7. The molecule has 2 N–H and O–H groups in total. The average Bonchev–Trinajstić information content (AvgIpc) is 2.77. The van der Waals surface area contributed by atoms with E-state index in [1.807, 2.05) is 0 Å². The predicted molar refractivity (Wildman–Crippen MR) is 63.5 cm³/mol. The van der Waals surface area contributed by atoms with Crippen molar-refractivity contribution in [3.05, 3.63) is 40.8 Å². The standard InChI is InChI=1S/C9H7BrFN3O2S/c10-7-2-1-6(5-8(7)11)14-17(15,16)9-3-4-12-13-9/h1-5,14H,(H,12,13). The topological polar surface area (TPSA) is 74.8 Å². The molecule has 0 aliphatic rings. The van der Waals surface area contributed by atoms with Crippen LogP contribution in [0.5, 0.6) is 0 Å². The summed E-state index contributed by atoms with van der Waals surface area (Å²) < 4.78 is 39.2. The SMILES string of the molecule is O=S(=O)(Nc1ccc(Br)c(F)c1)c1ccn[nH]1. The number of nitrogens with zero attached hydrogens (tertiary/aromatic N) is 1.